The topological polar surface area (TPSA) is 48.8 Å². The lowest BCUT2D eigenvalue weighted by molar-refractivity contribution is -0.134. The third kappa shape index (κ3) is 3.96. The summed E-state index contributed by atoms with van der Waals surface area (Å²) < 4.78 is 2.08. The van der Waals surface area contributed by atoms with Crippen molar-refractivity contribution in [3.05, 3.63) is 101 Å². The number of nitrogens with zero attached hydrogens (tertiary/aromatic N) is 4. The highest BCUT2D eigenvalue weighted by Gasteiger charge is 2.45. The number of aryl methyl sites for hydroxylation is 1. The lowest BCUT2D eigenvalue weighted by atomic mass is 9.79. The van der Waals surface area contributed by atoms with Gasteiger partial charge < -0.3 is 19.3 Å². The first-order valence-electron chi connectivity index (χ1n) is 12.6. The molecule has 188 valence electrons. The molecule has 6 rings (SSSR count). The number of hydrogen-bond acceptors (Lipinski definition) is 3. The zero-order valence-corrected chi connectivity index (χ0v) is 21.7. The molecule has 0 radical (unpaired) electrons. The fraction of sp³-hybridized carbons (Fsp3) is 0.267. The quantitative estimate of drug-likeness (QED) is 0.384. The second kappa shape index (κ2) is 9.27. The van der Waals surface area contributed by atoms with E-state index in [1.54, 1.807) is 4.90 Å². The minimum Gasteiger partial charge on any atom is -0.368 e. The van der Waals surface area contributed by atoms with Gasteiger partial charge in [0.05, 0.1) is 12.0 Å². The minimum atomic E-state index is -0.484. The molecule has 1 fully saturated rings. The van der Waals surface area contributed by atoms with E-state index in [4.69, 9.17) is 11.6 Å². The van der Waals surface area contributed by atoms with Gasteiger partial charge in [0.15, 0.2) is 0 Å². The second-order valence-corrected chi connectivity index (χ2v) is 10.4. The molecule has 37 heavy (non-hydrogen) atoms. The van der Waals surface area contributed by atoms with Crippen LogP contribution >= 0.6 is 11.6 Å². The van der Waals surface area contributed by atoms with Crippen molar-refractivity contribution in [2.75, 3.05) is 38.1 Å². The highest BCUT2D eigenvalue weighted by atomic mass is 35.5. The van der Waals surface area contributed by atoms with E-state index in [9.17, 15) is 9.59 Å². The monoisotopic (exact) mass is 512 g/mol. The molecule has 6 nitrogen and oxygen atoms in total. The molecule has 2 amide bonds. The van der Waals surface area contributed by atoms with Crippen LogP contribution in [0.3, 0.4) is 0 Å². The van der Waals surface area contributed by atoms with Crippen LogP contribution in [0.1, 0.15) is 33.4 Å². The second-order valence-electron chi connectivity index (χ2n) is 9.93. The van der Waals surface area contributed by atoms with Crippen LogP contribution < -0.4 is 4.90 Å². The predicted octanol–water partition coefficient (Wildman–Crippen LogP) is 5.09. The molecule has 3 heterocycles. The number of aromatic nitrogens is 1. The number of likely N-dealkylation sites (N-methyl/N-ethyl adjacent to an activating group) is 1. The van der Waals surface area contributed by atoms with Crippen LogP contribution in [-0.2, 0) is 11.8 Å². The number of benzene rings is 3. The van der Waals surface area contributed by atoms with Crippen LogP contribution in [0.5, 0.6) is 0 Å². The minimum absolute atomic E-state index is 0.0524. The van der Waals surface area contributed by atoms with Crippen LogP contribution in [0.4, 0.5) is 5.69 Å². The van der Waals surface area contributed by atoms with Crippen molar-refractivity contribution in [2.45, 2.75) is 12.0 Å². The number of fused-ring (bicyclic) bond motifs is 2. The molecular weight excluding hydrogens is 484 g/mol. The van der Waals surface area contributed by atoms with Crippen molar-refractivity contribution in [2.24, 2.45) is 7.05 Å². The fourth-order valence-electron chi connectivity index (χ4n) is 5.99. The molecule has 7 heteroatoms. The summed E-state index contributed by atoms with van der Waals surface area (Å²) in [6.45, 7) is 2.69. The van der Waals surface area contributed by atoms with E-state index < -0.39 is 12.0 Å². The van der Waals surface area contributed by atoms with E-state index >= 15 is 0 Å². The summed E-state index contributed by atoms with van der Waals surface area (Å²) >= 11 is 6.21. The number of halogens is 1. The first kappa shape index (κ1) is 23.6. The standard InChI is InChI=1S/C30H29ClN4O2/c1-32-19-25(22-10-5-6-13-26(22)32)28-27(23-11-3-4-12-24(23)29(36)33(28)2)30(37)35-16-14-34(15-17-35)21-9-7-8-20(31)18-21/h3-13,18-19,27-28H,14-17H2,1-2H3. The van der Waals surface area contributed by atoms with Gasteiger partial charge in [-0.25, -0.2) is 0 Å². The SMILES string of the molecule is CN1C(=O)c2ccccc2C(C(=O)N2CCN(c3cccc(Cl)c3)CC2)C1c1cn(C)c2ccccc12. The average molecular weight is 513 g/mol. The zero-order valence-electron chi connectivity index (χ0n) is 21.0. The zero-order chi connectivity index (χ0) is 25.7. The number of anilines is 1. The molecule has 1 saturated heterocycles. The summed E-state index contributed by atoms with van der Waals surface area (Å²) in [5.41, 5.74) is 4.57. The smallest absolute Gasteiger partial charge is 0.254 e. The van der Waals surface area contributed by atoms with Crippen molar-refractivity contribution in [3.63, 3.8) is 0 Å². The lowest BCUT2D eigenvalue weighted by Gasteiger charge is -2.43. The average Bonchev–Trinajstić information content (AvgIpc) is 3.26. The van der Waals surface area contributed by atoms with Gasteiger partial charge in [-0.1, -0.05) is 54.1 Å². The van der Waals surface area contributed by atoms with Crippen LogP contribution in [-0.4, -0.2) is 59.4 Å². The van der Waals surface area contributed by atoms with E-state index in [1.807, 2.05) is 73.6 Å². The molecular formula is C30H29ClN4O2. The van der Waals surface area contributed by atoms with Gasteiger partial charge in [0.2, 0.25) is 5.91 Å². The van der Waals surface area contributed by atoms with Gasteiger partial charge in [0.25, 0.3) is 5.91 Å². The number of para-hydroxylation sites is 1. The van der Waals surface area contributed by atoms with E-state index in [0.717, 1.165) is 40.8 Å². The Balaban J connectivity index is 1.38. The van der Waals surface area contributed by atoms with Crippen molar-refractivity contribution >= 4 is 40.0 Å². The summed E-state index contributed by atoms with van der Waals surface area (Å²) in [5, 5.41) is 1.78. The number of rotatable bonds is 3. The van der Waals surface area contributed by atoms with Gasteiger partial charge >= 0.3 is 0 Å². The van der Waals surface area contributed by atoms with Crippen LogP contribution in [0, 0.1) is 0 Å². The highest BCUT2D eigenvalue weighted by molar-refractivity contribution is 6.30. The van der Waals surface area contributed by atoms with Gasteiger partial charge in [-0.15, -0.1) is 0 Å². The van der Waals surface area contributed by atoms with Gasteiger partial charge in [0, 0.05) is 79.2 Å². The third-order valence-corrected chi connectivity index (χ3v) is 8.09. The summed E-state index contributed by atoms with van der Waals surface area (Å²) in [4.78, 5) is 33.8. The van der Waals surface area contributed by atoms with Gasteiger partial charge in [-0.05, 0) is 35.9 Å². The highest BCUT2D eigenvalue weighted by Crippen LogP contribution is 2.45. The molecule has 4 aromatic rings. The summed E-state index contributed by atoms with van der Waals surface area (Å²) in [7, 11) is 3.83. The molecule has 0 saturated carbocycles. The van der Waals surface area contributed by atoms with Gasteiger partial charge in [0.1, 0.15) is 0 Å². The Kier molecular flexibility index (Phi) is 5.92. The molecule has 2 aliphatic heterocycles. The lowest BCUT2D eigenvalue weighted by Crippen LogP contribution is -2.53. The maximum absolute atomic E-state index is 14.3. The van der Waals surface area contributed by atoms with E-state index in [2.05, 4.69) is 33.9 Å². The van der Waals surface area contributed by atoms with Crippen molar-refractivity contribution in [1.29, 1.82) is 0 Å². The summed E-state index contributed by atoms with van der Waals surface area (Å²) in [5.74, 6) is -0.471. The van der Waals surface area contributed by atoms with E-state index in [-0.39, 0.29) is 11.8 Å². The number of amides is 2. The number of piperazine rings is 1. The molecule has 2 unspecified atom stereocenters. The number of carbonyl (C=O) groups is 2. The van der Waals surface area contributed by atoms with Crippen LogP contribution in [0.15, 0.2) is 79.0 Å². The van der Waals surface area contributed by atoms with E-state index in [1.165, 1.54) is 0 Å². The van der Waals surface area contributed by atoms with Gasteiger partial charge in [-0.2, -0.15) is 0 Å². The maximum Gasteiger partial charge on any atom is 0.254 e. The first-order chi connectivity index (χ1) is 17.9. The molecule has 0 aliphatic carbocycles. The van der Waals surface area contributed by atoms with Crippen molar-refractivity contribution in [3.8, 4) is 0 Å². The third-order valence-electron chi connectivity index (χ3n) is 7.86. The summed E-state index contributed by atoms with van der Waals surface area (Å²) in [6, 6.07) is 23.2. The maximum atomic E-state index is 14.3. The molecule has 0 spiro atoms. The molecule has 2 aliphatic rings. The summed E-state index contributed by atoms with van der Waals surface area (Å²) in [6.07, 6.45) is 2.07. The first-order valence-corrected chi connectivity index (χ1v) is 13.0. The van der Waals surface area contributed by atoms with Crippen molar-refractivity contribution in [1.82, 2.24) is 14.4 Å². The normalized spacial score (nSPS) is 19.9. The van der Waals surface area contributed by atoms with Gasteiger partial charge in [-0.3, -0.25) is 9.59 Å². The van der Waals surface area contributed by atoms with E-state index in [0.29, 0.717) is 23.7 Å². The molecule has 0 bridgehead atoms. The Hall–Kier alpha value is -3.77. The predicted molar refractivity (Wildman–Crippen MR) is 147 cm³/mol. The molecule has 2 atom stereocenters. The Morgan fingerprint density at radius 3 is 2.38 bits per heavy atom. The fourth-order valence-corrected chi connectivity index (χ4v) is 6.18. The van der Waals surface area contributed by atoms with Crippen molar-refractivity contribution < 1.29 is 9.59 Å². The largest absolute Gasteiger partial charge is 0.368 e. The molecule has 1 aromatic heterocycles. The van der Waals surface area contributed by atoms with Crippen LogP contribution in [0.2, 0.25) is 5.02 Å². The Bertz CT molecular complexity index is 1500. The molecule has 0 N–H and O–H groups in total. The Morgan fingerprint density at radius 1 is 0.865 bits per heavy atom. The Morgan fingerprint density at radius 2 is 1.59 bits per heavy atom. The van der Waals surface area contributed by atoms with Crippen LogP contribution in [0.25, 0.3) is 10.9 Å². The molecule has 3 aromatic carbocycles. The number of carbonyl (C=O) groups excluding carboxylic acids is 2. The number of hydrogen-bond donors (Lipinski definition) is 0. The Labute approximate surface area is 221 Å².